The van der Waals surface area contributed by atoms with Crippen molar-refractivity contribution in [3.05, 3.63) is 63.7 Å². The molecule has 0 fully saturated rings. The molecule has 3 nitrogen and oxygen atoms in total. The number of hydrogen-bond acceptors (Lipinski definition) is 2. The summed E-state index contributed by atoms with van der Waals surface area (Å²) < 4.78 is 1.06. The van der Waals surface area contributed by atoms with E-state index in [9.17, 15) is 0 Å². The monoisotopic (exact) mass is 361 g/mol. The number of aliphatic imine (C=N–C) groups is 1. The normalized spacial score (nSPS) is 10.3. The molecule has 0 saturated carbocycles. The van der Waals surface area contributed by atoms with Gasteiger partial charge in [0.1, 0.15) is 6.34 Å². The fourth-order valence-corrected chi connectivity index (χ4v) is 2.10. The molecule has 0 N–H and O–H groups in total. The zero-order chi connectivity index (χ0) is 13.5. The highest BCUT2D eigenvalue weighted by atomic mass is 127. The van der Waals surface area contributed by atoms with Crippen LogP contribution in [-0.4, -0.2) is 11.2 Å². The SMILES string of the molecule is N#CN(C=Nc1ccccc1I)Cc1ccccc1. The van der Waals surface area contributed by atoms with Crippen LogP contribution in [0.25, 0.3) is 0 Å². The van der Waals surface area contributed by atoms with Crippen molar-refractivity contribution in [1.29, 1.82) is 5.26 Å². The van der Waals surface area contributed by atoms with Gasteiger partial charge in [0, 0.05) is 3.57 Å². The van der Waals surface area contributed by atoms with Crippen LogP contribution in [0.3, 0.4) is 0 Å². The number of nitrogens with zero attached hydrogens (tertiary/aromatic N) is 3. The molecule has 0 aromatic heterocycles. The van der Waals surface area contributed by atoms with E-state index in [2.05, 4.69) is 33.8 Å². The summed E-state index contributed by atoms with van der Waals surface area (Å²) in [4.78, 5) is 5.86. The Morgan fingerprint density at radius 2 is 1.79 bits per heavy atom. The number of nitriles is 1. The molecule has 2 aromatic carbocycles. The number of benzene rings is 2. The third-order valence-electron chi connectivity index (χ3n) is 2.51. The summed E-state index contributed by atoms with van der Waals surface area (Å²) in [5.74, 6) is 0. The number of para-hydroxylation sites is 1. The molecule has 19 heavy (non-hydrogen) atoms. The summed E-state index contributed by atoms with van der Waals surface area (Å²) >= 11 is 2.23. The van der Waals surface area contributed by atoms with Gasteiger partial charge in [0.2, 0.25) is 0 Å². The Labute approximate surface area is 126 Å². The summed E-state index contributed by atoms with van der Waals surface area (Å²) in [6.45, 7) is 0.532. The van der Waals surface area contributed by atoms with Crippen molar-refractivity contribution < 1.29 is 0 Å². The first kappa shape index (κ1) is 13.6. The van der Waals surface area contributed by atoms with Crippen molar-refractivity contribution in [3.8, 4) is 6.19 Å². The Morgan fingerprint density at radius 3 is 2.47 bits per heavy atom. The van der Waals surface area contributed by atoms with E-state index >= 15 is 0 Å². The van der Waals surface area contributed by atoms with E-state index in [0.29, 0.717) is 6.54 Å². The van der Waals surface area contributed by atoms with Crippen LogP contribution in [0.5, 0.6) is 0 Å². The summed E-state index contributed by atoms with van der Waals surface area (Å²) in [7, 11) is 0. The molecule has 0 unspecified atom stereocenters. The third kappa shape index (κ3) is 4.07. The maximum Gasteiger partial charge on any atom is 0.185 e. The second-order valence-electron chi connectivity index (χ2n) is 3.91. The Hall–Kier alpha value is -1.87. The molecular weight excluding hydrogens is 349 g/mol. The fourth-order valence-electron chi connectivity index (χ4n) is 1.57. The van der Waals surface area contributed by atoms with E-state index in [0.717, 1.165) is 14.8 Å². The predicted molar refractivity (Wildman–Crippen MR) is 84.9 cm³/mol. The summed E-state index contributed by atoms with van der Waals surface area (Å²) in [5.41, 5.74) is 1.95. The Morgan fingerprint density at radius 1 is 1.11 bits per heavy atom. The maximum atomic E-state index is 9.12. The molecule has 0 aliphatic rings. The zero-order valence-corrected chi connectivity index (χ0v) is 12.4. The topological polar surface area (TPSA) is 39.4 Å². The van der Waals surface area contributed by atoms with E-state index in [-0.39, 0.29) is 0 Å². The molecule has 0 spiro atoms. The third-order valence-corrected chi connectivity index (χ3v) is 3.43. The van der Waals surface area contributed by atoms with E-state index in [1.165, 1.54) is 4.90 Å². The van der Waals surface area contributed by atoms with Crippen molar-refractivity contribution in [3.63, 3.8) is 0 Å². The minimum absolute atomic E-state index is 0.532. The largest absolute Gasteiger partial charge is 0.265 e. The van der Waals surface area contributed by atoms with Gasteiger partial charge in [0.25, 0.3) is 0 Å². The van der Waals surface area contributed by atoms with Crippen molar-refractivity contribution in [2.24, 2.45) is 4.99 Å². The Bertz CT molecular complexity index is 602. The second-order valence-corrected chi connectivity index (χ2v) is 5.07. The minimum atomic E-state index is 0.532. The van der Waals surface area contributed by atoms with Gasteiger partial charge in [-0.05, 0) is 40.3 Å². The van der Waals surface area contributed by atoms with Crippen molar-refractivity contribution in [2.45, 2.75) is 6.54 Å². The highest BCUT2D eigenvalue weighted by molar-refractivity contribution is 14.1. The second kappa shape index (κ2) is 6.90. The lowest BCUT2D eigenvalue weighted by Crippen LogP contribution is -2.14. The van der Waals surface area contributed by atoms with Crippen LogP contribution in [0, 0.1) is 15.0 Å². The first-order valence-corrected chi connectivity index (χ1v) is 6.86. The van der Waals surface area contributed by atoms with Crippen LogP contribution in [0.15, 0.2) is 59.6 Å². The molecule has 94 valence electrons. The first-order valence-electron chi connectivity index (χ1n) is 5.78. The van der Waals surface area contributed by atoms with Gasteiger partial charge in [0.15, 0.2) is 6.19 Å². The molecule has 4 heteroatoms. The van der Waals surface area contributed by atoms with Crippen LogP contribution in [0.4, 0.5) is 5.69 Å². The van der Waals surface area contributed by atoms with E-state index in [1.807, 2.05) is 54.6 Å². The predicted octanol–water partition coefficient (Wildman–Crippen LogP) is 3.93. The van der Waals surface area contributed by atoms with Crippen LogP contribution in [0.2, 0.25) is 0 Å². The Balaban J connectivity index is 2.08. The van der Waals surface area contributed by atoms with Crippen molar-refractivity contribution >= 4 is 34.6 Å². The van der Waals surface area contributed by atoms with E-state index in [4.69, 9.17) is 5.26 Å². The van der Waals surface area contributed by atoms with Gasteiger partial charge < -0.3 is 0 Å². The van der Waals surface area contributed by atoms with Crippen LogP contribution >= 0.6 is 22.6 Å². The van der Waals surface area contributed by atoms with E-state index < -0.39 is 0 Å². The summed E-state index contributed by atoms with van der Waals surface area (Å²) in [6, 6.07) is 17.7. The maximum absolute atomic E-state index is 9.12. The summed E-state index contributed by atoms with van der Waals surface area (Å²) in [6.07, 6.45) is 3.70. The number of rotatable bonds is 4. The summed E-state index contributed by atoms with van der Waals surface area (Å²) in [5, 5.41) is 9.12. The highest BCUT2D eigenvalue weighted by Crippen LogP contribution is 2.19. The van der Waals surface area contributed by atoms with Crippen molar-refractivity contribution in [1.82, 2.24) is 4.90 Å². The van der Waals surface area contributed by atoms with E-state index in [1.54, 1.807) is 6.34 Å². The molecule has 0 aliphatic carbocycles. The molecule has 0 atom stereocenters. The fraction of sp³-hybridized carbons (Fsp3) is 0.0667. The van der Waals surface area contributed by atoms with Gasteiger partial charge in [-0.25, -0.2) is 4.99 Å². The van der Waals surface area contributed by atoms with Gasteiger partial charge in [-0.3, -0.25) is 4.90 Å². The molecule has 2 aromatic rings. The standard InChI is InChI=1S/C15H12IN3/c16-14-8-4-5-9-15(14)18-12-19(11-17)10-13-6-2-1-3-7-13/h1-9,12H,10H2. The van der Waals surface area contributed by atoms with Gasteiger partial charge in [-0.2, -0.15) is 5.26 Å². The van der Waals surface area contributed by atoms with Gasteiger partial charge in [0.05, 0.1) is 12.2 Å². The smallest absolute Gasteiger partial charge is 0.185 e. The minimum Gasteiger partial charge on any atom is -0.265 e. The number of hydrogen-bond donors (Lipinski definition) is 0. The van der Waals surface area contributed by atoms with Crippen LogP contribution < -0.4 is 0 Å². The lowest BCUT2D eigenvalue weighted by atomic mass is 10.2. The van der Waals surface area contributed by atoms with Gasteiger partial charge >= 0.3 is 0 Å². The van der Waals surface area contributed by atoms with Crippen LogP contribution in [-0.2, 0) is 6.54 Å². The molecular formula is C15H12IN3. The molecule has 0 heterocycles. The molecule has 0 radical (unpaired) electrons. The molecule has 0 bridgehead atoms. The van der Waals surface area contributed by atoms with Crippen molar-refractivity contribution in [2.75, 3.05) is 0 Å². The van der Waals surface area contributed by atoms with Crippen LogP contribution in [0.1, 0.15) is 5.56 Å². The lowest BCUT2D eigenvalue weighted by molar-refractivity contribution is 0.588. The Kier molecular flexibility index (Phi) is 4.93. The number of halogens is 1. The average molecular weight is 361 g/mol. The molecule has 0 amide bonds. The first-order chi connectivity index (χ1) is 9.29. The lowest BCUT2D eigenvalue weighted by Gasteiger charge is -2.09. The molecule has 2 rings (SSSR count). The van der Waals surface area contributed by atoms with Gasteiger partial charge in [-0.15, -0.1) is 0 Å². The molecule has 0 saturated heterocycles. The molecule has 0 aliphatic heterocycles. The zero-order valence-electron chi connectivity index (χ0n) is 10.2. The quantitative estimate of drug-likeness (QED) is 0.272. The average Bonchev–Trinajstić information content (AvgIpc) is 2.46. The highest BCUT2D eigenvalue weighted by Gasteiger charge is 2.00. The van der Waals surface area contributed by atoms with Gasteiger partial charge in [-0.1, -0.05) is 42.5 Å².